The van der Waals surface area contributed by atoms with E-state index in [1.54, 1.807) is 27.7 Å². The van der Waals surface area contributed by atoms with Crippen LogP contribution < -0.4 is 5.32 Å². The third-order valence-corrected chi connectivity index (χ3v) is 3.74. The van der Waals surface area contributed by atoms with E-state index in [0.29, 0.717) is 12.8 Å². The van der Waals surface area contributed by atoms with Crippen LogP contribution in [-0.4, -0.2) is 36.1 Å². The predicted molar refractivity (Wildman–Crippen MR) is 74.1 cm³/mol. The zero-order valence-electron chi connectivity index (χ0n) is 12.9. The number of amides is 1. The van der Waals surface area contributed by atoms with Crippen LogP contribution in [0.5, 0.6) is 0 Å². The second-order valence-corrected chi connectivity index (χ2v) is 5.28. The number of nitrogens with one attached hydrogen (secondary N) is 1. The van der Waals surface area contributed by atoms with E-state index in [4.69, 9.17) is 0 Å². The number of carboxylic acids is 1. The van der Waals surface area contributed by atoms with Crippen LogP contribution in [0.1, 0.15) is 47.0 Å². The lowest BCUT2D eigenvalue weighted by molar-refractivity contribution is -0.153. The molecule has 20 heavy (non-hydrogen) atoms. The number of ether oxygens (including phenoxy) is 1. The van der Waals surface area contributed by atoms with E-state index >= 15 is 0 Å². The smallest absolute Gasteiger partial charge is 0.328 e. The standard InChI is InChI=1S/C14H25NO5/c1-6-14(7-2,13(18)19)8-10(16)15-11(9(3)4)12(17)20-5/h9,11H,6-8H2,1-5H3,(H,15,16)(H,18,19). The van der Waals surface area contributed by atoms with Crippen LogP contribution in [0.4, 0.5) is 0 Å². The van der Waals surface area contributed by atoms with Gasteiger partial charge in [-0.15, -0.1) is 0 Å². The lowest BCUT2D eigenvalue weighted by Crippen LogP contribution is -2.47. The van der Waals surface area contributed by atoms with Crippen LogP contribution >= 0.6 is 0 Å². The molecule has 0 aromatic carbocycles. The van der Waals surface area contributed by atoms with Crippen molar-refractivity contribution in [1.82, 2.24) is 5.32 Å². The highest BCUT2D eigenvalue weighted by Gasteiger charge is 2.38. The van der Waals surface area contributed by atoms with Gasteiger partial charge >= 0.3 is 11.9 Å². The molecule has 0 aliphatic carbocycles. The Morgan fingerprint density at radius 3 is 2.00 bits per heavy atom. The molecule has 0 saturated carbocycles. The quantitative estimate of drug-likeness (QED) is 0.661. The summed E-state index contributed by atoms with van der Waals surface area (Å²) in [4.78, 5) is 35.0. The van der Waals surface area contributed by atoms with Gasteiger partial charge in [-0.2, -0.15) is 0 Å². The Kier molecular flexibility index (Phi) is 7.24. The second-order valence-electron chi connectivity index (χ2n) is 5.28. The topological polar surface area (TPSA) is 92.7 Å². The Hall–Kier alpha value is -1.59. The molecular weight excluding hydrogens is 262 g/mol. The predicted octanol–water partition coefficient (Wildman–Crippen LogP) is 1.58. The van der Waals surface area contributed by atoms with E-state index < -0.39 is 29.3 Å². The number of methoxy groups -OCH3 is 1. The number of aliphatic carboxylic acids is 1. The highest BCUT2D eigenvalue weighted by Crippen LogP contribution is 2.31. The van der Waals surface area contributed by atoms with Crippen LogP contribution in [0.15, 0.2) is 0 Å². The van der Waals surface area contributed by atoms with Gasteiger partial charge in [0.05, 0.1) is 12.5 Å². The number of carbonyl (C=O) groups is 3. The van der Waals surface area contributed by atoms with E-state index in [0.717, 1.165) is 0 Å². The Labute approximate surface area is 119 Å². The number of hydrogen-bond acceptors (Lipinski definition) is 4. The molecule has 1 amide bonds. The van der Waals surface area contributed by atoms with Crippen molar-refractivity contribution in [2.45, 2.75) is 53.0 Å². The highest BCUT2D eigenvalue weighted by molar-refractivity contribution is 5.88. The molecule has 0 fully saturated rings. The third kappa shape index (κ3) is 4.51. The Morgan fingerprint density at radius 1 is 1.20 bits per heavy atom. The summed E-state index contributed by atoms with van der Waals surface area (Å²) in [6.45, 7) is 7.05. The summed E-state index contributed by atoms with van der Waals surface area (Å²) in [6.07, 6.45) is 0.573. The molecule has 0 rings (SSSR count). The van der Waals surface area contributed by atoms with Gasteiger partial charge in [0, 0.05) is 6.42 Å². The van der Waals surface area contributed by atoms with E-state index in [9.17, 15) is 19.5 Å². The minimum atomic E-state index is -1.08. The number of rotatable bonds is 8. The first-order valence-electron chi connectivity index (χ1n) is 6.84. The molecule has 0 saturated heterocycles. The molecule has 6 nitrogen and oxygen atoms in total. The number of carboxylic acid groups (broad SMARTS) is 1. The van der Waals surface area contributed by atoms with Crippen LogP contribution in [0, 0.1) is 11.3 Å². The van der Waals surface area contributed by atoms with Crippen molar-refractivity contribution in [3.8, 4) is 0 Å². The molecule has 0 aliphatic heterocycles. The summed E-state index contributed by atoms with van der Waals surface area (Å²) >= 11 is 0. The van der Waals surface area contributed by atoms with Crippen molar-refractivity contribution >= 4 is 17.8 Å². The minimum absolute atomic E-state index is 0.131. The average Bonchev–Trinajstić information content (AvgIpc) is 2.40. The fraction of sp³-hybridized carbons (Fsp3) is 0.786. The molecule has 0 bridgehead atoms. The maximum absolute atomic E-state index is 12.0. The summed E-state index contributed by atoms with van der Waals surface area (Å²) in [5.74, 6) is -2.09. The lowest BCUT2D eigenvalue weighted by Gasteiger charge is -2.27. The van der Waals surface area contributed by atoms with Gasteiger partial charge in [0.15, 0.2) is 0 Å². The second kappa shape index (κ2) is 7.87. The van der Waals surface area contributed by atoms with Gasteiger partial charge in [0.25, 0.3) is 0 Å². The SMILES string of the molecule is CCC(CC)(CC(=O)NC(C(=O)OC)C(C)C)C(=O)O. The maximum Gasteiger partial charge on any atom is 0.328 e. The largest absolute Gasteiger partial charge is 0.481 e. The van der Waals surface area contributed by atoms with Crippen LogP contribution in [0.3, 0.4) is 0 Å². The normalized spacial score (nSPS) is 12.9. The van der Waals surface area contributed by atoms with E-state index in [1.165, 1.54) is 7.11 Å². The van der Waals surface area contributed by atoms with Crippen LogP contribution in [0.25, 0.3) is 0 Å². The van der Waals surface area contributed by atoms with Crippen LogP contribution in [0.2, 0.25) is 0 Å². The van der Waals surface area contributed by atoms with Gasteiger partial charge < -0.3 is 15.2 Å². The van der Waals surface area contributed by atoms with Crippen molar-refractivity contribution in [2.75, 3.05) is 7.11 Å². The first-order chi connectivity index (χ1) is 9.23. The number of hydrogen-bond donors (Lipinski definition) is 2. The molecule has 6 heteroatoms. The van der Waals surface area contributed by atoms with Gasteiger partial charge in [0.1, 0.15) is 6.04 Å². The Bertz CT molecular complexity index is 361. The number of esters is 1. The van der Waals surface area contributed by atoms with E-state index in [-0.39, 0.29) is 12.3 Å². The molecule has 0 aromatic rings. The molecule has 0 heterocycles. The molecule has 0 spiro atoms. The zero-order chi connectivity index (χ0) is 15.9. The Morgan fingerprint density at radius 2 is 1.70 bits per heavy atom. The lowest BCUT2D eigenvalue weighted by atomic mass is 9.79. The monoisotopic (exact) mass is 287 g/mol. The first kappa shape index (κ1) is 18.4. The van der Waals surface area contributed by atoms with Crippen molar-refractivity contribution in [3.63, 3.8) is 0 Å². The van der Waals surface area contributed by atoms with Gasteiger partial charge in [-0.25, -0.2) is 4.79 Å². The third-order valence-electron chi connectivity index (χ3n) is 3.74. The molecule has 0 aromatic heterocycles. The van der Waals surface area contributed by atoms with Gasteiger partial charge in [-0.05, 0) is 18.8 Å². The summed E-state index contributed by atoms with van der Waals surface area (Å²) in [5.41, 5.74) is -1.08. The summed E-state index contributed by atoms with van der Waals surface area (Å²) in [7, 11) is 1.25. The van der Waals surface area contributed by atoms with Crippen LogP contribution in [-0.2, 0) is 19.1 Å². The van der Waals surface area contributed by atoms with Crippen molar-refractivity contribution < 1.29 is 24.2 Å². The van der Waals surface area contributed by atoms with Gasteiger partial charge in [-0.1, -0.05) is 27.7 Å². The van der Waals surface area contributed by atoms with E-state index in [2.05, 4.69) is 10.1 Å². The van der Waals surface area contributed by atoms with Crippen molar-refractivity contribution in [1.29, 1.82) is 0 Å². The minimum Gasteiger partial charge on any atom is -0.481 e. The average molecular weight is 287 g/mol. The number of carbonyl (C=O) groups excluding carboxylic acids is 2. The maximum atomic E-state index is 12.0. The zero-order valence-corrected chi connectivity index (χ0v) is 12.9. The fourth-order valence-electron chi connectivity index (χ4n) is 2.03. The van der Waals surface area contributed by atoms with Crippen molar-refractivity contribution in [3.05, 3.63) is 0 Å². The molecule has 0 radical (unpaired) electrons. The summed E-state index contributed by atoms with van der Waals surface area (Å²) in [5, 5.41) is 11.9. The summed E-state index contributed by atoms with van der Waals surface area (Å²) < 4.78 is 4.63. The molecule has 1 atom stereocenters. The first-order valence-corrected chi connectivity index (χ1v) is 6.84. The molecule has 2 N–H and O–H groups in total. The molecule has 1 unspecified atom stereocenters. The van der Waals surface area contributed by atoms with Gasteiger partial charge in [0.2, 0.25) is 5.91 Å². The van der Waals surface area contributed by atoms with E-state index in [1.807, 2.05) is 0 Å². The molecule has 116 valence electrons. The molecular formula is C14H25NO5. The molecule has 0 aliphatic rings. The van der Waals surface area contributed by atoms with Crippen molar-refractivity contribution in [2.24, 2.45) is 11.3 Å². The highest BCUT2D eigenvalue weighted by atomic mass is 16.5. The Balaban J connectivity index is 4.91. The summed E-state index contributed by atoms with van der Waals surface area (Å²) in [6, 6.07) is -0.757. The van der Waals surface area contributed by atoms with Gasteiger partial charge in [-0.3, -0.25) is 9.59 Å². The fourth-order valence-corrected chi connectivity index (χ4v) is 2.03.